The zero-order chi connectivity index (χ0) is 21.7. The van der Waals surface area contributed by atoms with Crippen LogP contribution in [0.4, 0.5) is 0 Å². The van der Waals surface area contributed by atoms with Crippen molar-refractivity contribution >= 4 is 71.6 Å². The molecule has 0 saturated heterocycles. The molecule has 8 aromatic rings. The molecule has 0 amide bonds. The standard InChI is InChI=1S/C30H16ClNO/c31-23-10-5-13-27-29(23)28-18(7-4-12-26(28)33-27)17-14-15-25-22(16-17)21-9-3-8-20-19-6-1-2-11-24(19)32(25)30(20)21/h1-16H. The van der Waals surface area contributed by atoms with Gasteiger partial charge in [-0.2, -0.15) is 0 Å². The number of halogens is 1. The summed E-state index contributed by atoms with van der Waals surface area (Å²) in [5.41, 5.74) is 7.74. The molecular weight excluding hydrogens is 426 g/mol. The van der Waals surface area contributed by atoms with Gasteiger partial charge in [-0.1, -0.05) is 72.3 Å². The van der Waals surface area contributed by atoms with E-state index in [0.717, 1.165) is 33.1 Å². The maximum absolute atomic E-state index is 6.62. The Morgan fingerprint density at radius 3 is 2.18 bits per heavy atom. The van der Waals surface area contributed by atoms with Crippen LogP contribution in [0.1, 0.15) is 0 Å². The number of nitrogens with zero attached hydrogens (tertiary/aromatic N) is 1. The molecule has 2 nitrogen and oxygen atoms in total. The Kier molecular flexibility index (Phi) is 3.22. The van der Waals surface area contributed by atoms with Crippen molar-refractivity contribution in [3.05, 3.63) is 102 Å². The minimum Gasteiger partial charge on any atom is -0.456 e. The lowest BCUT2D eigenvalue weighted by molar-refractivity contribution is 0.669. The van der Waals surface area contributed by atoms with E-state index < -0.39 is 0 Å². The van der Waals surface area contributed by atoms with Crippen molar-refractivity contribution in [2.75, 3.05) is 0 Å². The summed E-state index contributed by atoms with van der Waals surface area (Å²) in [7, 11) is 0. The second-order valence-corrected chi connectivity index (χ2v) is 9.09. The molecule has 5 aromatic carbocycles. The van der Waals surface area contributed by atoms with E-state index in [2.05, 4.69) is 77.2 Å². The summed E-state index contributed by atoms with van der Waals surface area (Å²) in [5.74, 6) is 0. The molecule has 3 heterocycles. The predicted molar refractivity (Wildman–Crippen MR) is 139 cm³/mol. The van der Waals surface area contributed by atoms with Crippen LogP contribution >= 0.6 is 11.6 Å². The average Bonchev–Trinajstić information content (AvgIpc) is 3.51. The van der Waals surface area contributed by atoms with Gasteiger partial charge in [-0.05, 0) is 47.5 Å². The fourth-order valence-corrected chi connectivity index (χ4v) is 5.93. The zero-order valence-corrected chi connectivity index (χ0v) is 18.2. The summed E-state index contributed by atoms with van der Waals surface area (Å²) in [6.45, 7) is 0. The Morgan fingerprint density at radius 2 is 1.27 bits per heavy atom. The van der Waals surface area contributed by atoms with Crippen molar-refractivity contribution < 1.29 is 4.42 Å². The second-order valence-electron chi connectivity index (χ2n) is 8.68. The lowest BCUT2D eigenvalue weighted by atomic mass is 9.97. The van der Waals surface area contributed by atoms with Crippen molar-refractivity contribution in [3.63, 3.8) is 0 Å². The minimum absolute atomic E-state index is 0.715. The van der Waals surface area contributed by atoms with Gasteiger partial charge in [0, 0.05) is 32.3 Å². The van der Waals surface area contributed by atoms with Gasteiger partial charge in [0.05, 0.1) is 21.6 Å². The van der Waals surface area contributed by atoms with Crippen LogP contribution < -0.4 is 0 Å². The topological polar surface area (TPSA) is 17.6 Å². The molecule has 3 heteroatoms. The van der Waals surface area contributed by atoms with E-state index in [1.807, 2.05) is 24.3 Å². The fraction of sp³-hybridized carbons (Fsp3) is 0. The number of furan rings is 1. The van der Waals surface area contributed by atoms with E-state index in [0.29, 0.717) is 5.02 Å². The van der Waals surface area contributed by atoms with Gasteiger partial charge in [-0.15, -0.1) is 0 Å². The Labute approximate surface area is 193 Å². The lowest BCUT2D eigenvalue weighted by Gasteiger charge is -2.06. The maximum atomic E-state index is 6.62. The summed E-state index contributed by atoms with van der Waals surface area (Å²) in [6.07, 6.45) is 0. The van der Waals surface area contributed by atoms with Gasteiger partial charge in [0.15, 0.2) is 0 Å². The van der Waals surface area contributed by atoms with Crippen LogP contribution in [0.2, 0.25) is 5.02 Å². The zero-order valence-electron chi connectivity index (χ0n) is 17.5. The molecule has 0 N–H and O–H groups in total. The molecule has 0 radical (unpaired) electrons. The first-order chi connectivity index (χ1) is 16.3. The van der Waals surface area contributed by atoms with Gasteiger partial charge in [0.2, 0.25) is 0 Å². The van der Waals surface area contributed by atoms with Crippen molar-refractivity contribution in [3.8, 4) is 11.1 Å². The molecule has 3 aromatic heterocycles. The Morgan fingerprint density at radius 1 is 0.576 bits per heavy atom. The number of rotatable bonds is 1. The van der Waals surface area contributed by atoms with E-state index in [4.69, 9.17) is 16.0 Å². The molecule has 0 saturated carbocycles. The lowest BCUT2D eigenvalue weighted by Crippen LogP contribution is -1.83. The molecule has 154 valence electrons. The smallest absolute Gasteiger partial charge is 0.136 e. The van der Waals surface area contributed by atoms with Gasteiger partial charge in [0.1, 0.15) is 11.2 Å². The Hall–Kier alpha value is -4.01. The van der Waals surface area contributed by atoms with Gasteiger partial charge in [-0.3, -0.25) is 0 Å². The highest BCUT2D eigenvalue weighted by molar-refractivity contribution is 6.38. The van der Waals surface area contributed by atoms with Gasteiger partial charge in [-0.25, -0.2) is 0 Å². The third-order valence-corrected chi connectivity index (χ3v) is 7.32. The molecule has 0 unspecified atom stereocenters. The summed E-state index contributed by atoms with van der Waals surface area (Å²) in [6, 6.07) is 34.1. The van der Waals surface area contributed by atoms with Crippen LogP contribution in [-0.2, 0) is 0 Å². The van der Waals surface area contributed by atoms with Gasteiger partial charge < -0.3 is 8.82 Å². The minimum atomic E-state index is 0.715. The first kappa shape index (κ1) is 17.5. The fourth-order valence-electron chi connectivity index (χ4n) is 5.67. The van der Waals surface area contributed by atoms with Crippen LogP contribution in [0, 0.1) is 0 Å². The predicted octanol–water partition coefficient (Wildman–Crippen LogP) is 9.06. The van der Waals surface area contributed by atoms with Crippen LogP contribution in [0.5, 0.6) is 0 Å². The van der Waals surface area contributed by atoms with E-state index in [1.54, 1.807) is 0 Å². The molecular formula is C30H16ClNO. The van der Waals surface area contributed by atoms with E-state index in [-0.39, 0.29) is 0 Å². The second kappa shape index (κ2) is 6.06. The molecule has 0 aliphatic carbocycles. The number of fused-ring (bicyclic) bond motifs is 9. The van der Waals surface area contributed by atoms with Gasteiger partial charge in [0.25, 0.3) is 0 Å². The molecule has 0 spiro atoms. The van der Waals surface area contributed by atoms with E-state index >= 15 is 0 Å². The SMILES string of the molecule is Clc1cccc2oc3cccc(-c4ccc5c(c4)c4cccc6c7ccccc7n5c64)c3c12. The first-order valence-corrected chi connectivity index (χ1v) is 11.4. The summed E-state index contributed by atoms with van der Waals surface area (Å²) >= 11 is 6.62. The molecule has 8 rings (SSSR count). The highest BCUT2D eigenvalue weighted by Gasteiger charge is 2.19. The van der Waals surface area contributed by atoms with Crippen molar-refractivity contribution in [2.45, 2.75) is 0 Å². The quantitative estimate of drug-likeness (QED) is 0.248. The van der Waals surface area contributed by atoms with Crippen LogP contribution in [0.25, 0.3) is 71.2 Å². The van der Waals surface area contributed by atoms with Crippen molar-refractivity contribution in [1.29, 1.82) is 0 Å². The monoisotopic (exact) mass is 441 g/mol. The Bertz CT molecular complexity index is 2040. The number of hydrogen-bond acceptors (Lipinski definition) is 1. The number of aromatic nitrogens is 1. The summed E-state index contributed by atoms with van der Waals surface area (Å²) in [4.78, 5) is 0. The molecule has 0 aliphatic rings. The molecule has 0 fully saturated rings. The third-order valence-electron chi connectivity index (χ3n) is 7.00. The van der Waals surface area contributed by atoms with E-state index in [1.165, 1.54) is 38.1 Å². The van der Waals surface area contributed by atoms with Crippen molar-refractivity contribution in [2.24, 2.45) is 0 Å². The number of benzene rings is 5. The van der Waals surface area contributed by atoms with Crippen LogP contribution in [0.3, 0.4) is 0 Å². The highest BCUT2D eigenvalue weighted by atomic mass is 35.5. The Balaban J connectivity index is 1.51. The van der Waals surface area contributed by atoms with Crippen LogP contribution in [0.15, 0.2) is 101 Å². The van der Waals surface area contributed by atoms with Crippen LogP contribution in [-0.4, -0.2) is 4.40 Å². The summed E-state index contributed by atoms with van der Waals surface area (Å²) in [5, 5.41) is 7.90. The number of hydrogen-bond donors (Lipinski definition) is 0. The number of para-hydroxylation sites is 2. The van der Waals surface area contributed by atoms with Crippen molar-refractivity contribution in [1.82, 2.24) is 4.40 Å². The normalized spacial score (nSPS) is 12.4. The highest BCUT2D eigenvalue weighted by Crippen LogP contribution is 2.43. The molecule has 0 aliphatic heterocycles. The van der Waals surface area contributed by atoms with E-state index in [9.17, 15) is 0 Å². The third kappa shape index (κ3) is 2.14. The summed E-state index contributed by atoms with van der Waals surface area (Å²) < 4.78 is 8.54. The molecule has 33 heavy (non-hydrogen) atoms. The average molecular weight is 442 g/mol. The first-order valence-electron chi connectivity index (χ1n) is 11.1. The van der Waals surface area contributed by atoms with Gasteiger partial charge >= 0.3 is 0 Å². The maximum Gasteiger partial charge on any atom is 0.136 e. The molecule has 0 bridgehead atoms. The largest absolute Gasteiger partial charge is 0.456 e. The molecule has 0 atom stereocenters.